The van der Waals surface area contributed by atoms with Crippen LogP contribution in [0.25, 0.3) is 0 Å². The van der Waals surface area contributed by atoms with Gasteiger partial charge in [-0.05, 0) is 12.8 Å². The lowest BCUT2D eigenvalue weighted by molar-refractivity contribution is -0.0317. The molecule has 0 spiro atoms. The Morgan fingerprint density at radius 1 is 1.52 bits per heavy atom. The van der Waals surface area contributed by atoms with Crippen molar-refractivity contribution in [3.8, 4) is 6.07 Å². The van der Waals surface area contributed by atoms with Gasteiger partial charge in [0, 0.05) is 12.6 Å². The molecule has 112 valence electrons. The van der Waals surface area contributed by atoms with Crippen molar-refractivity contribution in [3.63, 3.8) is 0 Å². The molecule has 11 heteroatoms. The van der Waals surface area contributed by atoms with Crippen molar-refractivity contribution in [1.29, 1.82) is 5.26 Å². The second-order valence-electron chi connectivity index (χ2n) is 4.74. The van der Waals surface area contributed by atoms with E-state index in [1.54, 1.807) is 6.07 Å². The molecule has 10 nitrogen and oxygen atoms in total. The number of fused-ring (bicyclic) bond motifs is 2. The normalized spacial score (nSPS) is 25.2. The number of amides is 2. The Bertz CT molecular complexity index is 722. The highest BCUT2D eigenvalue weighted by molar-refractivity contribution is 7.80. The molecule has 0 radical (unpaired) electrons. The Morgan fingerprint density at radius 3 is 2.90 bits per heavy atom. The summed E-state index contributed by atoms with van der Waals surface area (Å²) in [5.41, 5.74) is 0.423. The molecular formula is C10H10N4O6S. The van der Waals surface area contributed by atoms with Crippen LogP contribution in [0.1, 0.15) is 30.3 Å². The molecule has 0 aromatic carbocycles. The summed E-state index contributed by atoms with van der Waals surface area (Å²) < 4.78 is 39.3. The molecule has 0 saturated carbocycles. The van der Waals surface area contributed by atoms with E-state index in [0.717, 1.165) is 0 Å². The van der Waals surface area contributed by atoms with E-state index in [1.165, 1.54) is 11.0 Å². The van der Waals surface area contributed by atoms with Gasteiger partial charge in [-0.15, -0.1) is 4.28 Å². The predicted octanol–water partition coefficient (Wildman–Crippen LogP) is 0.222. The second kappa shape index (κ2) is 4.69. The lowest BCUT2D eigenvalue weighted by atomic mass is 9.98. The van der Waals surface area contributed by atoms with Gasteiger partial charge in [0.1, 0.15) is 11.8 Å². The molecule has 2 amide bonds. The van der Waals surface area contributed by atoms with Gasteiger partial charge in [-0.1, -0.05) is 5.16 Å². The molecule has 2 aliphatic rings. The van der Waals surface area contributed by atoms with Gasteiger partial charge >= 0.3 is 16.4 Å². The lowest BCUT2D eigenvalue weighted by Gasteiger charge is -2.28. The summed E-state index contributed by atoms with van der Waals surface area (Å²) in [6, 6.07) is 1.67. The molecule has 3 heterocycles. The van der Waals surface area contributed by atoms with Crippen LogP contribution < -0.4 is 0 Å². The van der Waals surface area contributed by atoms with E-state index in [0.29, 0.717) is 23.6 Å². The van der Waals surface area contributed by atoms with Crippen molar-refractivity contribution < 1.29 is 26.6 Å². The van der Waals surface area contributed by atoms with Crippen molar-refractivity contribution in [2.45, 2.75) is 24.9 Å². The molecule has 2 atom stereocenters. The third-order valence-electron chi connectivity index (χ3n) is 3.48. The zero-order chi connectivity index (χ0) is 15.2. The van der Waals surface area contributed by atoms with Gasteiger partial charge in [-0.2, -0.15) is 18.7 Å². The Kier molecular flexibility index (Phi) is 3.08. The monoisotopic (exact) mass is 314 g/mol. The molecule has 2 bridgehead atoms. The standard InChI is InChI=1S/C10H10N4O6S/c11-4-7-3-8(12-19-7)9-2-1-6-5-13(9)10(15)14(6)20-21(16,17)18/h3,6,9H,1-2,5H2,(H,16,17,18). The maximum absolute atomic E-state index is 12.2. The van der Waals surface area contributed by atoms with Crippen LogP contribution in [0.2, 0.25) is 0 Å². The van der Waals surface area contributed by atoms with Crippen LogP contribution in [0.3, 0.4) is 0 Å². The summed E-state index contributed by atoms with van der Waals surface area (Å²) in [5, 5.41) is 13.1. The molecule has 3 rings (SSSR count). The number of hydrogen-bond acceptors (Lipinski definition) is 7. The van der Waals surface area contributed by atoms with Gasteiger partial charge in [-0.3, -0.25) is 4.55 Å². The number of rotatable bonds is 3. The highest BCUT2D eigenvalue weighted by atomic mass is 32.3. The first kappa shape index (κ1) is 13.8. The van der Waals surface area contributed by atoms with E-state index in [2.05, 4.69) is 9.44 Å². The Balaban J connectivity index is 1.84. The third kappa shape index (κ3) is 2.44. The van der Waals surface area contributed by atoms with Crippen LogP contribution in [0.5, 0.6) is 0 Å². The third-order valence-corrected chi connectivity index (χ3v) is 3.83. The summed E-state index contributed by atoms with van der Waals surface area (Å²) in [7, 11) is -4.76. The minimum atomic E-state index is -4.76. The lowest BCUT2D eigenvalue weighted by Crippen LogP contribution is -2.35. The number of urea groups is 1. The first-order chi connectivity index (χ1) is 9.89. The van der Waals surface area contributed by atoms with Crippen LogP contribution in [-0.2, 0) is 14.7 Å². The maximum Gasteiger partial charge on any atom is 0.418 e. The molecule has 1 aromatic rings. The number of hydrogen-bond donors (Lipinski definition) is 1. The summed E-state index contributed by atoms with van der Waals surface area (Å²) in [5.74, 6) is 0.0322. The second-order valence-corrected chi connectivity index (χ2v) is 5.74. The first-order valence-electron chi connectivity index (χ1n) is 6.02. The smallest absolute Gasteiger partial charge is 0.345 e. The average Bonchev–Trinajstić information content (AvgIpc) is 2.98. The number of nitriles is 1. The summed E-state index contributed by atoms with van der Waals surface area (Å²) in [4.78, 5) is 13.5. The minimum Gasteiger partial charge on any atom is -0.345 e. The van der Waals surface area contributed by atoms with E-state index in [9.17, 15) is 13.2 Å². The van der Waals surface area contributed by atoms with Crippen molar-refractivity contribution in [1.82, 2.24) is 15.1 Å². The zero-order valence-corrected chi connectivity index (χ0v) is 11.4. The molecule has 1 aromatic heterocycles. The van der Waals surface area contributed by atoms with Crippen molar-refractivity contribution in [3.05, 3.63) is 17.5 Å². The van der Waals surface area contributed by atoms with Gasteiger partial charge in [-0.25, -0.2) is 4.79 Å². The summed E-state index contributed by atoms with van der Waals surface area (Å²) in [6.07, 6.45) is 0.982. The predicted molar refractivity (Wildman–Crippen MR) is 63.6 cm³/mol. The van der Waals surface area contributed by atoms with Crippen LogP contribution in [0.4, 0.5) is 4.79 Å². The largest absolute Gasteiger partial charge is 0.418 e. The Morgan fingerprint density at radius 2 is 2.29 bits per heavy atom. The van der Waals surface area contributed by atoms with Gasteiger partial charge < -0.3 is 9.42 Å². The fraction of sp³-hybridized carbons (Fsp3) is 0.500. The summed E-state index contributed by atoms with van der Waals surface area (Å²) in [6.45, 7) is 0.244. The molecule has 2 saturated heterocycles. The van der Waals surface area contributed by atoms with Gasteiger partial charge in [0.2, 0.25) is 5.76 Å². The Hall–Kier alpha value is -2.16. The molecule has 2 fully saturated rings. The number of piperidine rings is 1. The van der Waals surface area contributed by atoms with Crippen molar-refractivity contribution in [2.24, 2.45) is 0 Å². The minimum absolute atomic E-state index is 0.0322. The van der Waals surface area contributed by atoms with E-state index < -0.39 is 28.5 Å². The highest BCUT2D eigenvalue weighted by Crippen LogP contribution is 2.38. The fourth-order valence-corrected chi connectivity index (χ4v) is 3.03. The molecule has 2 aliphatic heterocycles. The number of aromatic nitrogens is 1. The molecule has 2 unspecified atom stereocenters. The fourth-order valence-electron chi connectivity index (χ4n) is 2.64. The van der Waals surface area contributed by atoms with Crippen LogP contribution in [0, 0.1) is 11.3 Å². The van der Waals surface area contributed by atoms with E-state index in [4.69, 9.17) is 14.3 Å². The quantitative estimate of drug-likeness (QED) is 0.782. The van der Waals surface area contributed by atoms with Gasteiger partial charge in [0.25, 0.3) is 0 Å². The van der Waals surface area contributed by atoms with Crippen LogP contribution in [-0.4, -0.2) is 46.7 Å². The molecular weight excluding hydrogens is 304 g/mol. The van der Waals surface area contributed by atoms with E-state index in [1.807, 2.05) is 0 Å². The number of hydroxylamine groups is 2. The summed E-state index contributed by atoms with van der Waals surface area (Å²) >= 11 is 0. The highest BCUT2D eigenvalue weighted by Gasteiger charge is 2.48. The van der Waals surface area contributed by atoms with E-state index in [-0.39, 0.29) is 12.3 Å². The molecule has 21 heavy (non-hydrogen) atoms. The van der Waals surface area contributed by atoms with Crippen molar-refractivity contribution in [2.75, 3.05) is 6.54 Å². The van der Waals surface area contributed by atoms with E-state index >= 15 is 0 Å². The van der Waals surface area contributed by atoms with Gasteiger partial charge in [0.15, 0.2) is 0 Å². The maximum atomic E-state index is 12.2. The Labute approximate surface area is 119 Å². The van der Waals surface area contributed by atoms with Crippen molar-refractivity contribution >= 4 is 16.4 Å². The topological polar surface area (TPSA) is 137 Å². The number of nitrogens with zero attached hydrogens (tertiary/aromatic N) is 4. The first-order valence-corrected chi connectivity index (χ1v) is 7.39. The van der Waals surface area contributed by atoms with Crippen LogP contribution >= 0.6 is 0 Å². The zero-order valence-electron chi connectivity index (χ0n) is 10.5. The van der Waals surface area contributed by atoms with Crippen LogP contribution in [0.15, 0.2) is 10.6 Å². The number of carbonyl (C=O) groups excluding carboxylic acids is 1. The SMILES string of the molecule is N#Cc1cc(C2CCC3CN2C(=O)N3OS(=O)(=O)O)no1. The number of carbonyl (C=O) groups is 1. The average molecular weight is 314 g/mol. The van der Waals surface area contributed by atoms with Gasteiger partial charge in [0.05, 0.1) is 12.1 Å². The molecule has 0 aliphatic carbocycles. The molecule has 1 N–H and O–H groups in total.